The molecule has 0 saturated heterocycles. The lowest BCUT2D eigenvalue weighted by atomic mass is 9.93. The van der Waals surface area contributed by atoms with Gasteiger partial charge in [0.25, 0.3) is 0 Å². The van der Waals surface area contributed by atoms with Gasteiger partial charge in [0, 0.05) is 35.3 Å². The summed E-state index contributed by atoms with van der Waals surface area (Å²) in [5, 5.41) is 5.64. The monoisotopic (exact) mass is 434 g/mol. The predicted octanol–water partition coefficient (Wildman–Crippen LogP) is 4.70. The second-order valence-corrected chi connectivity index (χ2v) is 8.68. The van der Waals surface area contributed by atoms with Crippen molar-refractivity contribution in [2.24, 2.45) is 12.2 Å². The van der Waals surface area contributed by atoms with E-state index in [0.717, 1.165) is 29.0 Å². The number of ketones is 1. The van der Waals surface area contributed by atoms with Gasteiger partial charge in [0.1, 0.15) is 10.7 Å². The van der Waals surface area contributed by atoms with Gasteiger partial charge in [0.05, 0.1) is 5.69 Å². The van der Waals surface area contributed by atoms with Crippen LogP contribution in [0.4, 0.5) is 4.39 Å². The van der Waals surface area contributed by atoms with Gasteiger partial charge in [0.15, 0.2) is 5.78 Å². The Morgan fingerprint density at radius 2 is 1.69 bits per heavy atom. The molecule has 0 saturated carbocycles. The molecule has 0 radical (unpaired) electrons. The molecule has 1 heterocycles. The standard InChI is InChI=1S/C21H20ClFN2O3S/c1-4-17(26)21-20(14-7-10-18(16(23)11-14)29(24,27)28)19(12(2)25(21)3)13-5-8-15(22)9-6-13/h5-11H,4H2,1-3H3,(H2,24,27,28). The molecule has 0 aliphatic heterocycles. The first-order chi connectivity index (χ1) is 13.6. The molecule has 152 valence electrons. The summed E-state index contributed by atoms with van der Waals surface area (Å²) in [6, 6.07) is 10.8. The van der Waals surface area contributed by atoms with Crippen molar-refractivity contribution in [2.45, 2.75) is 25.2 Å². The average Bonchev–Trinajstić information content (AvgIpc) is 2.92. The van der Waals surface area contributed by atoms with E-state index in [0.29, 0.717) is 21.8 Å². The van der Waals surface area contributed by atoms with Crippen LogP contribution in [0.15, 0.2) is 47.4 Å². The SMILES string of the molecule is CCC(=O)c1c(-c2ccc(S(N)(=O)=O)c(F)c2)c(-c2ccc(Cl)cc2)c(C)n1C. The lowest BCUT2D eigenvalue weighted by Gasteiger charge is -2.10. The normalized spacial score (nSPS) is 11.7. The Labute approximate surface area is 174 Å². The molecular formula is C21H20ClFN2O3S. The van der Waals surface area contributed by atoms with Gasteiger partial charge in [-0.2, -0.15) is 0 Å². The second-order valence-electron chi connectivity index (χ2n) is 6.72. The molecule has 0 unspecified atom stereocenters. The Bertz CT molecular complexity index is 1220. The third-order valence-electron chi connectivity index (χ3n) is 4.93. The topological polar surface area (TPSA) is 82.2 Å². The number of primary sulfonamides is 1. The summed E-state index contributed by atoms with van der Waals surface area (Å²) in [7, 11) is -2.42. The van der Waals surface area contributed by atoms with Crippen LogP contribution in [0.25, 0.3) is 22.3 Å². The van der Waals surface area contributed by atoms with Crippen molar-refractivity contribution in [3.63, 3.8) is 0 Å². The number of aromatic nitrogens is 1. The zero-order valence-corrected chi connectivity index (χ0v) is 17.7. The van der Waals surface area contributed by atoms with Crippen LogP contribution >= 0.6 is 11.6 Å². The summed E-state index contributed by atoms with van der Waals surface area (Å²) in [5.74, 6) is -1.08. The van der Waals surface area contributed by atoms with Crippen LogP contribution in [0, 0.1) is 12.7 Å². The molecule has 5 nitrogen and oxygen atoms in total. The first-order valence-electron chi connectivity index (χ1n) is 8.87. The summed E-state index contributed by atoms with van der Waals surface area (Å²) in [6.45, 7) is 3.62. The molecule has 3 aromatic rings. The number of carbonyl (C=O) groups is 1. The van der Waals surface area contributed by atoms with Gasteiger partial charge >= 0.3 is 0 Å². The zero-order valence-electron chi connectivity index (χ0n) is 16.2. The highest BCUT2D eigenvalue weighted by molar-refractivity contribution is 7.89. The maximum absolute atomic E-state index is 14.6. The van der Waals surface area contributed by atoms with Crippen LogP contribution in [0.3, 0.4) is 0 Å². The summed E-state index contributed by atoms with van der Waals surface area (Å²) in [4.78, 5) is 12.1. The van der Waals surface area contributed by atoms with Crippen LogP contribution < -0.4 is 5.14 Å². The minimum absolute atomic E-state index is 0.109. The molecule has 29 heavy (non-hydrogen) atoms. The molecule has 0 spiro atoms. The first kappa shape index (κ1) is 21.2. The molecule has 0 bridgehead atoms. The zero-order chi connectivity index (χ0) is 21.5. The smallest absolute Gasteiger partial charge is 0.240 e. The third kappa shape index (κ3) is 3.85. The fraction of sp³-hybridized carbons (Fsp3) is 0.190. The van der Waals surface area contributed by atoms with Crippen molar-refractivity contribution < 1.29 is 17.6 Å². The Morgan fingerprint density at radius 1 is 1.10 bits per heavy atom. The second kappa shape index (κ2) is 7.74. The molecule has 0 atom stereocenters. The van der Waals surface area contributed by atoms with Crippen molar-refractivity contribution in [1.29, 1.82) is 0 Å². The van der Waals surface area contributed by atoms with E-state index in [-0.39, 0.29) is 12.2 Å². The molecule has 3 rings (SSSR count). The Morgan fingerprint density at radius 3 is 2.21 bits per heavy atom. The lowest BCUT2D eigenvalue weighted by molar-refractivity contribution is 0.0981. The van der Waals surface area contributed by atoms with Gasteiger partial charge in [0.2, 0.25) is 10.0 Å². The number of hydrogen-bond donors (Lipinski definition) is 1. The van der Waals surface area contributed by atoms with Crippen molar-refractivity contribution in [3.8, 4) is 22.3 Å². The third-order valence-corrected chi connectivity index (χ3v) is 6.13. The number of Topliss-reactive ketones (excluding diaryl/α,β-unsaturated/α-hetero) is 1. The van der Waals surface area contributed by atoms with Gasteiger partial charge in [-0.3, -0.25) is 4.79 Å². The number of rotatable bonds is 5. The summed E-state index contributed by atoms with van der Waals surface area (Å²) in [5.41, 5.74) is 3.74. The average molecular weight is 435 g/mol. The van der Waals surface area contributed by atoms with Gasteiger partial charge in [-0.15, -0.1) is 0 Å². The molecule has 0 amide bonds. The molecule has 2 N–H and O–H groups in total. The van der Waals surface area contributed by atoms with Crippen LogP contribution in [0.1, 0.15) is 29.5 Å². The van der Waals surface area contributed by atoms with E-state index >= 15 is 0 Å². The first-order valence-corrected chi connectivity index (χ1v) is 10.8. The number of hydrogen-bond acceptors (Lipinski definition) is 3. The fourth-order valence-electron chi connectivity index (χ4n) is 3.43. The van der Waals surface area contributed by atoms with Crippen molar-refractivity contribution in [2.75, 3.05) is 0 Å². The van der Waals surface area contributed by atoms with Crippen molar-refractivity contribution in [1.82, 2.24) is 4.57 Å². The Kier molecular flexibility index (Phi) is 5.67. The maximum Gasteiger partial charge on any atom is 0.240 e. The molecule has 0 aliphatic carbocycles. The Hall–Kier alpha value is -2.48. The molecule has 1 aromatic heterocycles. The van der Waals surface area contributed by atoms with Crippen LogP contribution in [-0.2, 0) is 17.1 Å². The van der Waals surface area contributed by atoms with Gasteiger partial charge in [-0.05, 0) is 42.3 Å². The number of carbonyl (C=O) groups excluding carboxylic acids is 1. The van der Waals surface area contributed by atoms with E-state index in [1.807, 2.05) is 19.1 Å². The van der Waals surface area contributed by atoms with Crippen LogP contribution in [0.2, 0.25) is 5.02 Å². The quantitative estimate of drug-likeness (QED) is 0.591. The number of halogens is 2. The molecule has 8 heteroatoms. The molecular weight excluding hydrogens is 415 g/mol. The molecule has 0 aliphatic rings. The van der Waals surface area contributed by atoms with Crippen molar-refractivity contribution in [3.05, 3.63) is 64.7 Å². The molecule has 0 fully saturated rings. The highest BCUT2D eigenvalue weighted by atomic mass is 35.5. The summed E-state index contributed by atoms with van der Waals surface area (Å²) in [6.07, 6.45) is 0.266. The van der Waals surface area contributed by atoms with E-state index in [9.17, 15) is 17.6 Å². The van der Waals surface area contributed by atoms with Crippen LogP contribution in [0.5, 0.6) is 0 Å². The van der Waals surface area contributed by atoms with Crippen molar-refractivity contribution >= 4 is 27.4 Å². The number of nitrogens with zero attached hydrogens (tertiary/aromatic N) is 1. The van der Waals surface area contributed by atoms with Gasteiger partial charge in [-0.1, -0.05) is 36.7 Å². The predicted molar refractivity (Wildman–Crippen MR) is 112 cm³/mol. The van der Waals surface area contributed by atoms with E-state index in [2.05, 4.69) is 0 Å². The fourth-order valence-corrected chi connectivity index (χ4v) is 4.15. The van der Waals surface area contributed by atoms with E-state index in [1.165, 1.54) is 6.07 Å². The van der Waals surface area contributed by atoms with E-state index < -0.39 is 20.7 Å². The van der Waals surface area contributed by atoms with Gasteiger partial charge in [-0.25, -0.2) is 17.9 Å². The number of benzene rings is 2. The van der Waals surface area contributed by atoms with Gasteiger partial charge < -0.3 is 4.57 Å². The minimum atomic E-state index is -4.20. The number of nitrogens with two attached hydrogens (primary N) is 1. The highest BCUT2D eigenvalue weighted by Gasteiger charge is 2.26. The largest absolute Gasteiger partial charge is 0.344 e. The lowest BCUT2D eigenvalue weighted by Crippen LogP contribution is -2.14. The number of sulfonamides is 1. The van der Waals surface area contributed by atoms with Crippen LogP contribution in [-0.4, -0.2) is 18.8 Å². The Balaban J connectivity index is 2.37. The summed E-state index contributed by atoms with van der Waals surface area (Å²) >= 11 is 6.01. The molecule has 2 aromatic carbocycles. The maximum atomic E-state index is 14.6. The van der Waals surface area contributed by atoms with E-state index in [1.54, 1.807) is 30.7 Å². The summed E-state index contributed by atoms with van der Waals surface area (Å²) < 4.78 is 39.5. The highest BCUT2D eigenvalue weighted by Crippen LogP contribution is 2.40. The minimum Gasteiger partial charge on any atom is -0.344 e. The van der Waals surface area contributed by atoms with E-state index in [4.69, 9.17) is 16.7 Å².